The Morgan fingerprint density at radius 3 is 2.35 bits per heavy atom. The number of nitrogens with one attached hydrogen (secondary N) is 1. The van der Waals surface area contributed by atoms with E-state index in [9.17, 15) is 8.78 Å². The van der Waals surface area contributed by atoms with Gasteiger partial charge in [0.05, 0.1) is 16.1 Å². The molecular weight excluding hydrogens is 305 g/mol. The highest BCUT2D eigenvalue weighted by Gasteiger charge is 2.20. The van der Waals surface area contributed by atoms with Gasteiger partial charge in [0.2, 0.25) is 0 Å². The predicted octanol–water partition coefficient (Wildman–Crippen LogP) is 4.13. The van der Waals surface area contributed by atoms with E-state index in [1.165, 1.54) is 19.1 Å². The van der Waals surface area contributed by atoms with Crippen LogP contribution >= 0.6 is 23.2 Å². The number of benzene rings is 2. The van der Waals surface area contributed by atoms with Gasteiger partial charge in [-0.2, -0.15) is 0 Å². The summed E-state index contributed by atoms with van der Waals surface area (Å²) in [5.74, 6) is 3.65. The Morgan fingerprint density at radius 2 is 1.75 bits per heavy atom. The van der Waals surface area contributed by atoms with Gasteiger partial charge in [0.15, 0.2) is 11.6 Å². The van der Waals surface area contributed by atoms with Crippen LogP contribution in [0.5, 0.6) is 0 Å². The summed E-state index contributed by atoms with van der Waals surface area (Å²) in [6, 6.07) is 7.05. The molecule has 106 valence electrons. The van der Waals surface area contributed by atoms with Gasteiger partial charge in [0.25, 0.3) is 0 Å². The van der Waals surface area contributed by atoms with Gasteiger partial charge < -0.3 is 0 Å². The fourth-order valence-electron chi connectivity index (χ4n) is 1.94. The minimum atomic E-state index is -0.931. The largest absolute Gasteiger partial charge is 0.271 e. The molecule has 2 aromatic rings. The maximum absolute atomic E-state index is 14.0. The van der Waals surface area contributed by atoms with Crippen molar-refractivity contribution in [3.63, 3.8) is 0 Å². The molecule has 0 aliphatic carbocycles. The summed E-state index contributed by atoms with van der Waals surface area (Å²) in [6.07, 6.45) is 0. The topological polar surface area (TPSA) is 38.0 Å². The molecule has 0 fully saturated rings. The first kappa shape index (κ1) is 15.2. The van der Waals surface area contributed by atoms with E-state index in [4.69, 9.17) is 29.0 Å². The van der Waals surface area contributed by atoms with Crippen LogP contribution in [-0.4, -0.2) is 0 Å². The molecule has 2 rings (SSSR count). The van der Waals surface area contributed by atoms with E-state index in [2.05, 4.69) is 5.43 Å². The Labute approximate surface area is 125 Å². The van der Waals surface area contributed by atoms with E-state index in [0.717, 1.165) is 0 Å². The zero-order valence-electron chi connectivity index (χ0n) is 10.6. The van der Waals surface area contributed by atoms with Crippen molar-refractivity contribution in [2.24, 2.45) is 5.84 Å². The molecule has 1 unspecified atom stereocenters. The second-order valence-corrected chi connectivity index (χ2v) is 5.19. The number of hydrazine groups is 1. The fraction of sp³-hybridized carbons (Fsp3) is 0.143. The van der Waals surface area contributed by atoms with Crippen LogP contribution < -0.4 is 11.3 Å². The van der Waals surface area contributed by atoms with Crippen molar-refractivity contribution in [3.8, 4) is 0 Å². The average molecular weight is 317 g/mol. The van der Waals surface area contributed by atoms with Gasteiger partial charge in [-0.3, -0.25) is 5.84 Å². The molecule has 1 atom stereocenters. The Hall–Kier alpha value is -1.20. The van der Waals surface area contributed by atoms with E-state index >= 15 is 0 Å². The molecule has 0 amide bonds. The lowest BCUT2D eigenvalue weighted by Crippen LogP contribution is -2.29. The monoisotopic (exact) mass is 316 g/mol. The molecule has 6 heteroatoms. The molecule has 0 aromatic heterocycles. The summed E-state index contributed by atoms with van der Waals surface area (Å²) in [5.41, 5.74) is 3.39. The Kier molecular flexibility index (Phi) is 4.60. The molecule has 0 aliphatic heterocycles. The second-order valence-electron chi connectivity index (χ2n) is 4.37. The number of rotatable bonds is 3. The summed E-state index contributed by atoms with van der Waals surface area (Å²) in [6.45, 7) is 1.49. The normalized spacial score (nSPS) is 12.5. The number of hydrogen-bond acceptors (Lipinski definition) is 2. The van der Waals surface area contributed by atoms with E-state index in [1.54, 1.807) is 18.2 Å². The van der Waals surface area contributed by atoms with Gasteiger partial charge in [0, 0.05) is 5.56 Å². The molecular formula is C14H12Cl2F2N2. The third-order valence-corrected chi connectivity index (χ3v) is 3.80. The predicted molar refractivity (Wildman–Crippen MR) is 76.7 cm³/mol. The average Bonchev–Trinajstić information content (AvgIpc) is 2.43. The molecule has 0 heterocycles. The van der Waals surface area contributed by atoms with Crippen molar-refractivity contribution in [1.82, 2.24) is 5.43 Å². The number of halogens is 4. The van der Waals surface area contributed by atoms with Crippen molar-refractivity contribution in [2.45, 2.75) is 13.0 Å². The van der Waals surface area contributed by atoms with E-state index in [1.807, 2.05) is 0 Å². The summed E-state index contributed by atoms with van der Waals surface area (Å²) in [5, 5.41) is 0.694. The van der Waals surface area contributed by atoms with Gasteiger partial charge in [-0.25, -0.2) is 14.2 Å². The fourth-order valence-corrected chi connectivity index (χ4v) is 2.25. The van der Waals surface area contributed by atoms with Gasteiger partial charge >= 0.3 is 0 Å². The molecule has 2 aromatic carbocycles. The summed E-state index contributed by atoms with van der Waals surface area (Å²) < 4.78 is 27.7. The highest BCUT2D eigenvalue weighted by Crippen LogP contribution is 2.30. The van der Waals surface area contributed by atoms with Crippen LogP contribution in [0.4, 0.5) is 8.78 Å². The molecule has 20 heavy (non-hydrogen) atoms. The molecule has 2 nitrogen and oxygen atoms in total. The first-order valence-electron chi connectivity index (χ1n) is 5.81. The van der Waals surface area contributed by atoms with Gasteiger partial charge in [0.1, 0.15) is 0 Å². The summed E-state index contributed by atoms with van der Waals surface area (Å²) in [7, 11) is 0. The second kappa shape index (κ2) is 6.06. The van der Waals surface area contributed by atoms with E-state index < -0.39 is 17.7 Å². The molecule has 0 aliphatic rings. The summed E-state index contributed by atoms with van der Waals surface area (Å²) >= 11 is 11.8. The highest BCUT2D eigenvalue weighted by molar-refractivity contribution is 6.42. The van der Waals surface area contributed by atoms with Crippen LogP contribution in [0.15, 0.2) is 30.3 Å². The first-order chi connectivity index (χ1) is 9.45. The third kappa shape index (κ3) is 2.79. The van der Waals surface area contributed by atoms with Crippen molar-refractivity contribution in [2.75, 3.05) is 0 Å². The number of nitrogens with two attached hydrogens (primary N) is 1. The number of aryl methyl sites for hydroxylation is 1. The smallest absolute Gasteiger partial charge is 0.164 e. The van der Waals surface area contributed by atoms with Crippen LogP contribution in [0.2, 0.25) is 10.0 Å². The van der Waals surface area contributed by atoms with Crippen LogP contribution in [0.3, 0.4) is 0 Å². The maximum atomic E-state index is 14.0. The SMILES string of the molecule is Cc1ccc(C(NN)c2ccc(Cl)c(Cl)c2)c(F)c1F. The van der Waals surface area contributed by atoms with Gasteiger partial charge in [-0.05, 0) is 30.2 Å². The third-order valence-electron chi connectivity index (χ3n) is 3.06. The highest BCUT2D eigenvalue weighted by atomic mass is 35.5. The van der Waals surface area contributed by atoms with E-state index in [-0.39, 0.29) is 11.1 Å². The quantitative estimate of drug-likeness (QED) is 0.660. The lowest BCUT2D eigenvalue weighted by molar-refractivity contribution is 0.478. The van der Waals surface area contributed by atoms with Crippen LogP contribution in [0.25, 0.3) is 0 Å². The minimum absolute atomic E-state index is 0.106. The van der Waals surface area contributed by atoms with Gasteiger partial charge in [-0.15, -0.1) is 0 Å². The lowest BCUT2D eigenvalue weighted by atomic mass is 9.97. The Balaban J connectivity index is 2.52. The zero-order chi connectivity index (χ0) is 14.9. The molecule has 0 saturated heterocycles. The standard InChI is InChI=1S/C14H12Cl2F2N2/c1-7-2-4-9(13(18)12(7)17)14(20-19)8-3-5-10(15)11(16)6-8/h2-6,14,20H,19H2,1H3. The maximum Gasteiger partial charge on any atom is 0.164 e. The van der Waals surface area contributed by atoms with Crippen molar-refractivity contribution in [1.29, 1.82) is 0 Å². The van der Waals surface area contributed by atoms with Crippen LogP contribution in [0.1, 0.15) is 22.7 Å². The molecule has 0 spiro atoms. The molecule has 0 radical (unpaired) electrons. The first-order valence-corrected chi connectivity index (χ1v) is 6.57. The molecule has 0 bridgehead atoms. The summed E-state index contributed by atoms with van der Waals surface area (Å²) in [4.78, 5) is 0. The zero-order valence-corrected chi connectivity index (χ0v) is 12.1. The Bertz CT molecular complexity index is 647. The number of hydrogen-bond donors (Lipinski definition) is 2. The van der Waals surface area contributed by atoms with Crippen LogP contribution in [0, 0.1) is 18.6 Å². The van der Waals surface area contributed by atoms with Crippen molar-refractivity contribution < 1.29 is 8.78 Å². The van der Waals surface area contributed by atoms with Gasteiger partial charge in [-0.1, -0.05) is 41.4 Å². The van der Waals surface area contributed by atoms with Crippen molar-refractivity contribution >= 4 is 23.2 Å². The minimum Gasteiger partial charge on any atom is -0.271 e. The van der Waals surface area contributed by atoms with E-state index in [0.29, 0.717) is 15.6 Å². The van der Waals surface area contributed by atoms with Crippen molar-refractivity contribution in [3.05, 3.63) is 68.7 Å². The lowest BCUT2D eigenvalue weighted by Gasteiger charge is -2.19. The molecule has 0 saturated carbocycles. The Morgan fingerprint density at radius 1 is 1.05 bits per heavy atom. The molecule has 3 N–H and O–H groups in total. The van der Waals surface area contributed by atoms with Crippen LogP contribution in [-0.2, 0) is 0 Å².